The Bertz CT molecular complexity index is 554. The Labute approximate surface area is 109 Å². The minimum absolute atomic E-state index is 0.333. The maximum absolute atomic E-state index is 5.55. The van der Waals surface area contributed by atoms with E-state index in [-0.39, 0.29) is 0 Å². The molecule has 0 aliphatic carbocycles. The lowest BCUT2D eigenvalue weighted by Gasteiger charge is -2.13. The van der Waals surface area contributed by atoms with Gasteiger partial charge >= 0.3 is 0 Å². The van der Waals surface area contributed by atoms with E-state index in [0.717, 1.165) is 10.5 Å². The summed E-state index contributed by atoms with van der Waals surface area (Å²) in [4.78, 5) is 0.991. The number of ether oxygens (including phenoxy) is 2. The highest BCUT2D eigenvalue weighted by Gasteiger charge is 2.18. The van der Waals surface area contributed by atoms with E-state index in [0.29, 0.717) is 23.1 Å². The van der Waals surface area contributed by atoms with Crippen LogP contribution in [0, 0.1) is 0 Å². The Hall–Kier alpha value is -1.82. The zero-order chi connectivity index (χ0) is 13.1. The van der Waals surface area contributed by atoms with Crippen molar-refractivity contribution in [3.05, 3.63) is 18.2 Å². The van der Waals surface area contributed by atoms with Gasteiger partial charge in [0.2, 0.25) is 0 Å². The van der Waals surface area contributed by atoms with E-state index >= 15 is 0 Å². The van der Waals surface area contributed by atoms with Crippen molar-refractivity contribution in [2.75, 3.05) is 26.2 Å². The quantitative estimate of drug-likeness (QED) is 0.858. The van der Waals surface area contributed by atoms with Gasteiger partial charge < -0.3 is 19.7 Å². The summed E-state index contributed by atoms with van der Waals surface area (Å²) in [5.74, 6) is 2.17. The van der Waals surface area contributed by atoms with Gasteiger partial charge in [0.05, 0.1) is 24.7 Å². The van der Waals surface area contributed by atoms with Crippen molar-refractivity contribution in [1.29, 1.82) is 0 Å². The predicted octanol–water partition coefficient (Wildman–Crippen LogP) is 2.66. The van der Waals surface area contributed by atoms with Crippen LogP contribution in [0.4, 0.5) is 5.82 Å². The van der Waals surface area contributed by atoms with Crippen LogP contribution < -0.4 is 15.2 Å². The van der Waals surface area contributed by atoms with E-state index in [9.17, 15) is 0 Å². The second kappa shape index (κ2) is 5.22. The summed E-state index contributed by atoms with van der Waals surface area (Å²) in [5.41, 5.74) is 6.31. The van der Waals surface area contributed by atoms with Crippen LogP contribution in [0.2, 0.25) is 0 Å². The summed E-state index contributed by atoms with van der Waals surface area (Å²) in [6.07, 6.45) is 1.98. The highest BCUT2D eigenvalue weighted by molar-refractivity contribution is 7.98. The van der Waals surface area contributed by atoms with E-state index in [1.54, 1.807) is 32.0 Å². The first-order chi connectivity index (χ1) is 8.71. The van der Waals surface area contributed by atoms with Crippen LogP contribution in [-0.2, 0) is 0 Å². The van der Waals surface area contributed by atoms with Gasteiger partial charge in [0, 0.05) is 6.07 Å². The predicted molar refractivity (Wildman–Crippen MR) is 71.2 cm³/mol. The van der Waals surface area contributed by atoms with Crippen molar-refractivity contribution in [3.63, 3.8) is 0 Å². The highest BCUT2D eigenvalue weighted by Crippen LogP contribution is 2.43. The molecule has 1 aromatic heterocycles. The summed E-state index contributed by atoms with van der Waals surface area (Å²) in [6.45, 7) is 0. The third-order valence-corrected chi connectivity index (χ3v) is 3.26. The van der Waals surface area contributed by atoms with Crippen molar-refractivity contribution in [3.8, 4) is 22.8 Å². The number of hydrogen-bond donors (Lipinski definition) is 1. The molecule has 0 saturated carbocycles. The van der Waals surface area contributed by atoms with Crippen molar-refractivity contribution in [2.45, 2.75) is 4.90 Å². The van der Waals surface area contributed by atoms with Crippen LogP contribution >= 0.6 is 11.8 Å². The Kier molecular flexibility index (Phi) is 3.66. The lowest BCUT2D eigenvalue weighted by molar-refractivity contribution is 0.347. The van der Waals surface area contributed by atoms with E-state index < -0.39 is 0 Å². The van der Waals surface area contributed by atoms with Gasteiger partial charge in [-0.25, -0.2) is 0 Å². The van der Waals surface area contributed by atoms with Crippen LogP contribution in [0.3, 0.4) is 0 Å². The minimum Gasteiger partial charge on any atom is -0.492 e. The van der Waals surface area contributed by atoms with Gasteiger partial charge in [-0.1, -0.05) is 5.16 Å². The highest BCUT2D eigenvalue weighted by atomic mass is 32.2. The molecule has 0 spiro atoms. The molecule has 0 radical (unpaired) electrons. The van der Waals surface area contributed by atoms with Crippen LogP contribution in [0.1, 0.15) is 0 Å². The maximum atomic E-state index is 5.55. The molecule has 96 valence electrons. The summed E-state index contributed by atoms with van der Waals surface area (Å²) >= 11 is 1.58. The lowest BCUT2D eigenvalue weighted by Crippen LogP contribution is -1.94. The molecule has 0 amide bonds. The number of nitrogen functional groups attached to an aromatic ring is 1. The maximum Gasteiger partial charge on any atom is 0.175 e. The molecule has 0 aliphatic rings. The summed E-state index contributed by atoms with van der Waals surface area (Å²) < 4.78 is 15.9. The number of rotatable bonds is 4. The number of aromatic nitrogens is 1. The average Bonchev–Trinajstić information content (AvgIpc) is 2.83. The molecule has 2 rings (SSSR count). The molecular weight excluding hydrogens is 252 g/mol. The van der Waals surface area contributed by atoms with Gasteiger partial charge in [0.25, 0.3) is 0 Å². The first-order valence-electron chi connectivity index (χ1n) is 5.22. The second-order valence-electron chi connectivity index (χ2n) is 3.50. The van der Waals surface area contributed by atoms with E-state index in [1.165, 1.54) is 0 Å². The van der Waals surface area contributed by atoms with Crippen LogP contribution in [0.15, 0.2) is 27.6 Å². The third kappa shape index (κ3) is 2.11. The van der Waals surface area contributed by atoms with Gasteiger partial charge in [-0.05, 0) is 18.4 Å². The summed E-state index contributed by atoms with van der Waals surface area (Å²) in [7, 11) is 3.20. The molecule has 18 heavy (non-hydrogen) atoms. The van der Waals surface area contributed by atoms with Gasteiger partial charge in [0.15, 0.2) is 23.1 Å². The number of benzene rings is 1. The normalized spacial score (nSPS) is 10.4. The smallest absolute Gasteiger partial charge is 0.175 e. The molecule has 5 nitrogen and oxygen atoms in total. The first kappa shape index (κ1) is 12.6. The Morgan fingerprint density at radius 3 is 2.44 bits per heavy atom. The Balaban J connectivity index is 2.61. The fourth-order valence-corrected chi connectivity index (χ4v) is 2.28. The van der Waals surface area contributed by atoms with Gasteiger partial charge in [-0.2, -0.15) is 0 Å². The molecular formula is C12H14N2O3S. The van der Waals surface area contributed by atoms with Gasteiger partial charge in [-0.3, -0.25) is 0 Å². The number of hydrogen-bond acceptors (Lipinski definition) is 6. The van der Waals surface area contributed by atoms with E-state index in [4.69, 9.17) is 19.7 Å². The molecule has 0 aliphatic heterocycles. The molecule has 2 N–H and O–H groups in total. The van der Waals surface area contributed by atoms with E-state index in [1.807, 2.05) is 18.4 Å². The van der Waals surface area contributed by atoms with Crippen LogP contribution in [0.25, 0.3) is 11.3 Å². The molecule has 2 aromatic rings. The third-order valence-electron chi connectivity index (χ3n) is 2.50. The summed E-state index contributed by atoms with van der Waals surface area (Å²) in [5, 5.41) is 3.67. The topological polar surface area (TPSA) is 70.5 Å². The number of methoxy groups -OCH3 is 2. The van der Waals surface area contributed by atoms with Crippen LogP contribution in [-0.4, -0.2) is 25.6 Å². The molecule has 0 unspecified atom stereocenters. The Morgan fingerprint density at radius 2 is 1.94 bits per heavy atom. The van der Waals surface area contributed by atoms with Gasteiger partial charge in [-0.15, -0.1) is 11.8 Å². The zero-order valence-corrected chi connectivity index (χ0v) is 11.2. The average molecular weight is 266 g/mol. The van der Waals surface area contributed by atoms with Gasteiger partial charge in [0.1, 0.15) is 0 Å². The minimum atomic E-state index is 0.333. The number of nitrogens with zero attached hydrogens (tertiary/aromatic N) is 1. The summed E-state index contributed by atoms with van der Waals surface area (Å²) in [6, 6.07) is 5.49. The monoisotopic (exact) mass is 266 g/mol. The molecule has 6 heteroatoms. The van der Waals surface area contributed by atoms with E-state index in [2.05, 4.69) is 5.16 Å². The van der Waals surface area contributed by atoms with Crippen molar-refractivity contribution >= 4 is 17.6 Å². The number of anilines is 1. The largest absolute Gasteiger partial charge is 0.492 e. The SMILES string of the molecule is COc1c(SC)ccc(-c2cc(N)no2)c1OC. The fourth-order valence-electron chi connectivity index (χ4n) is 1.71. The number of thioether (sulfide) groups is 1. The zero-order valence-electron chi connectivity index (χ0n) is 10.4. The Morgan fingerprint density at radius 1 is 1.22 bits per heavy atom. The molecule has 0 fully saturated rings. The first-order valence-corrected chi connectivity index (χ1v) is 6.45. The standard InChI is InChI=1S/C12H14N2O3S/c1-15-11-7(8-6-10(13)14-17-8)4-5-9(18-3)12(11)16-2/h4-6H,1-3H3,(H2,13,14). The second-order valence-corrected chi connectivity index (χ2v) is 4.35. The van der Waals surface area contributed by atoms with Crippen molar-refractivity contribution in [1.82, 2.24) is 5.16 Å². The van der Waals surface area contributed by atoms with Crippen molar-refractivity contribution < 1.29 is 14.0 Å². The molecule has 1 aromatic carbocycles. The fraction of sp³-hybridized carbons (Fsp3) is 0.250. The number of nitrogens with two attached hydrogens (primary N) is 1. The molecule has 0 atom stereocenters. The van der Waals surface area contributed by atoms with Crippen molar-refractivity contribution in [2.24, 2.45) is 0 Å². The van der Waals surface area contributed by atoms with Crippen LogP contribution in [0.5, 0.6) is 11.5 Å². The lowest BCUT2D eigenvalue weighted by atomic mass is 10.1. The molecule has 0 saturated heterocycles. The molecule has 0 bridgehead atoms. The molecule has 1 heterocycles.